The van der Waals surface area contributed by atoms with Crippen molar-refractivity contribution < 1.29 is 9.90 Å². The number of aromatic carboxylic acids is 1. The highest BCUT2D eigenvalue weighted by Gasteiger charge is 2.09. The van der Waals surface area contributed by atoms with E-state index in [-0.39, 0.29) is 5.69 Å². The maximum absolute atomic E-state index is 10.7. The minimum atomic E-state index is -0.918. The number of fused-ring (bicyclic) bond motifs is 1. The van der Waals surface area contributed by atoms with E-state index in [0.29, 0.717) is 0 Å². The number of aromatic amines is 1. The fourth-order valence-electron chi connectivity index (χ4n) is 1.57. The molecule has 14 heavy (non-hydrogen) atoms. The number of H-pyrrole nitrogens is 1. The number of aryl methyl sites for hydroxylation is 2. The monoisotopic (exact) mass is 189 g/mol. The molecule has 2 N–H and O–H groups in total. The quantitative estimate of drug-likeness (QED) is 0.724. The highest BCUT2D eigenvalue weighted by Crippen LogP contribution is 2.22. The van der Waals surface area contributed by atoms with Crippen molar-refractivity contribution in [2.75, 3.05) is 0 Å². The van der Waals surface area contributed by atoms with Crippen LogP contribution in [-0.4, -0.2) is 16.1 Å². The van der Waals surface area contributed by atoms with E-state index in [1.807, 2.05) is 26.0 Å². The van der Waals surface area contributed by atoms with Crippen LogP contribution in [0.5, 0.6) is 0 Å². The molecule has 0 fully saturated rings. The SMILES string of the molecule is Cc1ccc2[nH]c(C(=O)O)cc2c1C. The van der Waals surface area contributed by atoms with Crippen molar-refractivity contribution in [3.8, 4) is 0 Å². The molecule has 0 saturated heterocycles. The van der Waals surface area contributed by atoms with Gasteiger partial charge in [-0.1, -0.05) is 6.07 Å². The van der Waals surface area contributed by atoms with Gasteiger partial charge in [0.1, 0.15) is 5.69 Å². The molecule has 0 radical (unpaired) electrons. The lowest BCUT2D eigenvalue weighted by molar-refractivity contribution is 0.0691. The number of hydrogen-bond acceptors (Lipinski definition) is 1. The molecule has 0 spiro atoms. The summed E-state index contributed by atoms with van der Waals surface area (Å²) in [7, 11) is 0. The van der Waals surface area contributed by atoms with E-state index in [1.165, 1.54) is 5.56 Å². The molecule has 0 aliphatic rings. The molecule has 3 nitrogen and oxygen atoms in total. The summed E-state index contributed by atoms with van der Waals surface area (Å²) in [6, 6.07) is 5.57. The number of rotatable bonds is 1. The van der Waals surface area contributed by atoms with E-state index in [2.05, 4.69) is 4.98 Å². The minimum absolute atomic E-state index is 0.244. The van der Waals surface area contributed by atoms with Gasteiger partial charge in [-0.05, 0) is 37.1 Å². The molecule has 0 saturated carbocycles. The standard InChI is InChI=1S/C11H11NO2/c1-6-3-4-9-8(7(6)2)5-10(12-9)11(13)14/h3-5,12H,1-2H3,(H,13,14). The molecular weight excluding hydrogens is 178 g/mol. The van der Waals surface area contributed by atoms with Gasteiger partial charge in [0.15, 0.2) is 0 Å². The zero-order valence-electron chi connectivity index (χ0n) is 8.09. The second kappa shape index (κ2) is 2.87. The first-order valence-electron chi connectivity index (χ1n) is 4.42. The molecule has 72 valence electrons. The van der Waals surface area contributed by atoms with Crippen LogP contribution >= 0.6 is 0 Å². The average molecular weight is 189 g/mol. The van der Waals surface area contributed by atoms with E-state index in [9.17, 15) is 4.79 Å². The van der Waals surface area contributed by atoms with Crippen molar-refractivity contribution in [3.63, 3.8) is 0 Å². The first-order valence-corrected chi connectivity index (χ1v) is 4.42. The van der Waals surface area contributed by atoms with Gasteiger partial charge in [0, 0.05) is 10.9 Å². The zero-order chi connectivity index (χ0) is 10.3. The Labute approximate surface area is 81.4 Å². The van der Waals surface area contributed by atoms with Crippen molar-refractivity contribution in [2.24, 2.45) is 0 Å². The van der Waals surface area contributed by atoms with Gasteiger partial charge in [-0.3, -0.25) is 0 Å². The number of hydrogen-bond donors (Lipinski definition) is 2. The molecule has 3 heteroatoms. The molecular formula is C11H11NO2. The van der Waals surface area contributed by atoms with Crippen LogP contribution in [0, 0.1) is 13.8 Å². The highest BCUT2D eigenvalue weighted by atomic mass is 16.4. The number of carbonyl (C=O) groups is 1. The van der Waals surface area contributed by atoms with Crippen molar-refractivity contribution in [3.05, 3.63) is 35.0 Å². The van der Waals surface area contributed by atoms with Gasteiger partial charge in [0.2, 0.25) is 0 Å². The molecule has 1 aromatic carbocycles. The van der Waals surface area contributed by atoms with Gasteiger partial charge in [-0.25, -0.2) is 4.79 Å². The minimum Gasteiger partial charge on any atom is -0.477 e. The molecule has 1 heterocycles. The first-order chi connectivity index (χ1) is 6.59. The third kappa shape index (κ3) is 1.18. The van der Waals surface area contributed by atoms with Crippen LogP contribution in [-0.2, 0) is 0 Å². The van der Waals surface area contributed by atoms with Crippen LogP contribution in [0.3, 0.4) is 0 Å². The average Bonchev–Trinajstić information content (AvgIpc) is 2.56. The highest BCUT2D eigenvalue weighted by molar-refractivity contribution is 5.95. The summed E-state index contributed by atoms with van der Waals surface area (Å²) in [6.45, 7) is 4.01. The van der Waals surface area contributed by atoms with Gasteiger partial charge in [-0.2, -0.15) is 0 Å². The lowest BCUT2D eigenvalue weighted by Gasteiger charge is -1.99. The van der Waals surface area contributed by atoms with Gasteiger partial charge in [0.25, 0.3) is 0 Å². The predicted molar refractivity (Wildman–Crippen MR) is 54.7 cm³/mol. The smallest absolute Gasteiger partial charge is 0.352 e. The molecule has 0 bridgehead atoms. The molecule has 0 amide bonds. The van der Waals surface area contributed by atoms with Crippen molar-refractivity contribution in [1.29, 1.82) is 0 Å². The van der Waals surface area contributed by atoms with Crippen molar-refractivity contribution in [2.45, 2.75) is 13.8 Å². The Hall–Kier alpha value is -1.77. The van der Waals surface area contributed by atoms with Crippen molar-refractivity contribution >= 4 is 16.9 Å². The number of aromatic nitrogens is 1. The molecule has 0 unspecified atom stereocenters. The Morgan fingerprint density at radius 3 is 2.71 bits per heavy atom. The van der Waals surface area contributed by atoms with Crippen LogP contribution in [0.1, 0.15) is 21.6 Å². The van der Waals surface area contributed by atoms with Gasteiger partial charge in [0.05, 0.1) is 0 Å². The van der Waals surface area contributed by atoms with Crippen LogP contribution in [0.2, 0.25) is 0 Å². The maximum Gasteiger partial charge on any atom is 0.352 e. The fraction of sp³-hybridized carbons (Fsp3) is 0.182. The predicted octanol–water partition coefficient (Wildman–Crippen LogP) is 2.48. The Balaban J connectivity index is 2.77. The third-order valence-corrected chi connectivity index (χ3v) is 2.57. The second-order valence-electron chi connectivity index (χ2n) is 3.46. The normalized spacial score (nSPS) is 10.7. The maximum atomic E-state index is 10.7. The van der Waals surface area contributed by atoms with Crippen LogP contribution < -0.4 is 0 Å². The largest absolute Gasteiger partial charge is 0.477 e. The zero-order valence-corrected chi connectivity index (χ0v) is 8.09. The van der Waals surface area contributed by atoms with Crippen molar-refractivity contribution in [1.82, 2.24) is 4.98 Å². The topological polar surface area (TPSA) is 53.1 Å². The summed E-state index contributed by atoms with van der Waals surface area (Å²) in [6.07, 6.45) is 0. The number of nitrogens with one attached hydrogen (secondary N) is 1. The summed E-state index contributed by atoms with van der Waals surface area (Å²) >= 11 is 0. The lowest BCUT2D eigenvalue weighted by Crippen LogP contribution is -1.94. The molecule has 0 aliphatic heterocycles. The summed E-state index contributed by atoms with van der Waals surface area (Å²) in [5.41, 5.74) is 3.43. The third-order valence-electron chi connectivity index (χ3n) is 2.57. The number of carboxylic acid groups (broad SMARTS) is 1. The second-order valence-corrected chi connectivity index (χ2v) is 3.46. The molecule has 1 aromatic heterocycles. The Morgan fingerprint density at radius 2 is 2.07 bits per heavy atom. The van der Waals surface area contributed by atoms with Crippen LogP contribution in [0.25, 0.3) is 10.9 Å². The fourth-order valence-corrected chi connectivity index (χ4v) is 1.57. The summed E-state index contributed by atoms with van der Waals surface area (Å²) < 4.78 is 0. The summed E-state index contributed by atoms with van der Waals surface area (Å²) in [5, 5.41) is 9.80. The number of benzene rings is 1. The van der Waals surface area contributed by atoms with Crippen LogP contribution in [0.15, 0.2) is 18.2 Å². The molecule has 2 aromatic rings. The van der Waals surface area contributed by atoms with Gasteiger partial charge in [-0.15, -0.1) is 0 Å². The summed E-state index contributed by atoms with van der Waals surface area (Å²) in [5.74, 6) is -0.918. The van der Waals surface area contributed by atoms with Gasteiger partial charge < -0.3 is 10.1 Å². The van der Waals surface area contributed by atoms with E-state index < -0.39 is 5.97 Å². The van der Waals surface area contributed by atoms with E-state index in [0.717, 1.165) is 16.5 Å². The van der Waals surface area contributed by atoms with E-state index in [4.69, 9.17) is 5.11 Å². The van der Waals surface area contributed by atoms with Crippen LogP contribution in [0.4, 0.5) is 0 Å². The Kier molecular flexibility index (Phi) is 1.81. The molecule has 0 atom stereocenters. The molecule has 2 rings (SSSR count). The van der Waals surface area contributed by atoms with E-state index in [1.54, 1.807) is 6.07 Å². The first kappa shape index (κ1) is 8.81. The Bertz CT molecular complexity index is 511. The van der Waals surface area contributed by atoms with E-state index >= 15 is 0 Å². The summed E-state index contributed by atoms with van der Waals surface area (Å²) in [4.78, 5) is 13.6. The molecule has 0 aliphatic carbocycles. The lowest BCUT2D eigenvalue weighted by atomic mass is 10.1. The van der Waals surface area contributed by atoms with Gasteiger partial charge >= 0.3 is 5.97 Å². The number of carboxylic acids is 1. The Morgan fingerprint density at radius 1 is 1.36 bits per heavy atom.